The second kappa shape index (κ2) is 8.67. The number of aromatic nitrogens is 1. The highest BCUT2D eigenvalue weighted by Gasteiger charge is 2.14. The van der Waals surface area contributed by atoms with Gasteiger partial charge in [0.15, 0.2) is 0 Å². The summed E-state index contributed by atoms with van der Waals surface area (Å²) in [4.78, 5) is 26.2. The summed E-state index contributed by atoms with van der Waals surface area (Å²) in [6.45, 7) is 7.70. The Morgan fingerprint density at radius 1 is 1.20 bits per heavy atom. The van der Waals surface area contributed by atoms with Gasteiger partial charge < -0.3 is 20.5 Å². The highest BCUT2D eigenvalue weighted by molar-refractivity contribution is 5.97. The first-order valence-electron chi connectivity index (χ1n) is 8.93. The summed E-state index contributed by atoms with van der Waals surface area (Å²) >= 11 is 0. The number of nitrogens with zero attached hydrogens (tertiary/aromatic N) is 2. The van der Waals surface area contributed by atoms with Crippen LogP contribution in [0.1, 0.15) is 33.6 Å². The van der Waals surface area contributed by atoms with Crippen LogP contribution in [0.5, 0.6) is 0 Å². The number of rotatable bonds is 8. The fourth-order valence-corrected chi connectivity index (χ4v) is 2.91. The van der Waals surface area contributed by atoms with E-state index in [0.717, 1.165) is 23.0 Å². The van der Waals surface area contributed by atoms with Crippen molar-refractivity contribution in [3.05, 3.63) is 30.5 Å². The molecule has 6 heteroatoms. The molecule has 0 radical (unpaired) electrons. The van der Waals surface area contributed by atoms with E-state index >= 15 is 0 Å². The Morgan fingerprint density at radius 3 is 2.56 bits per heavy atom. The molecule has 0 saturated heterocycles. The van der Waals surface area contributed by atoms with Gasteiger partial charge in [0.05, 0.1) is 6.04 Å². The number of carbonyl (C=O) groups excluding carboxylic acids is 2. The largest absolute Gasteiger partial charge is 0.342 e. The summed E-state index contributed by atoms with van der Waals surface area (Å²) in [5, 5.41) is 3.84. The van der Waals surface area contributed by atoms with E-state index < -0.39 is 6.04 Å². The number of benzene rings is 1. The molecule has 2 aromatic rings. The molecule has 0 aliphatic heterocycles. The molecular weight excluding hydrogens is 316 g/mol. The molecule has 0 bridgehead atoms. The zero-order chi connectivity index (χ0) is 18.4. The second-order valence-electron chi connectivity index (χ2n) is 6.17. The number of likely N-dealkylation sites (N-methyl/N-ethyl adjacent to an activating group) is 1. The van der Waals surface area contributed by atoms with Gasteiger partial charge in [0.25, 0.3) is 0 Å². The van der Waals surface area contributed by atoms with Crippen molar-refractivity contribution in [1.82, 2.24) is 9.47 Å². The molecular formula is C19H28N4O2. The summed E-state index contributed by atoms with van der Waals surface area (Å²) in [6, 6.07) is 7.14. The van der Waals surface area contributed by atoms with E-state index in [9.17, 15) is 9.59 Å². The van der Waals surface area contributed by atoms with Gasteiger partial charge in [-0.1, -0.05) is 13.3 Å². The fraction of sp³-hybridized carbons (Fsp3) is 0.474. The van der Waals surface area contributed by atoms with Crippen LogP contribution in [0, 0.1) is 0 Å². The Labute approximate surface area is 149 Å². The van der Waals surface area contributed by atoms with E-state index in [2.05, 4.69) is 5.32 Å². The summed E-state index contributed by atoms with van der Waals surface area (Å²) in [7, 11) is 0. The summed E-state index contributed by atoms with van der Waals surface area (Å²) in [5.41, 5.74) is 7.53. The monoisotopic (exact) mass is 344 g/mol. The molecule has 25 heavy (non-hydrogen) atoms. The average molecular weight is 344 g/mol. The molecule has 2 rings (SSSR count). The van der Waals surface area contributed by atoms with Crippen LogP contribution in [0.15, 0.2) is 30.5 Å². The first-order valence-corrected chi connectivity index (χ1v) is 8.93. The van der Waals surface area contributed by atoms with Gasteiger partial charge in [-0.2, -0.15) is 0 Å². The van der Waals surface area contributed by atoms with Crippen molar-refractivity contribution in [2.75, 3.05) is 18.4 Å². The Balaban J connectivity index is 2.13. The van der Waals surface area contributed by atoms with E-state index in [1.165, 1.54) is 0 Å². The lowest BCUT2D eigenvalue weighted by Gasteiger charge is -2.19. The van der Waals surface area contributed by atoms with Crippen LogP contribution in [-0.2, 0) is 16.1 Å². The van der Waals surface area contributed by atoms with E-state index in [-0.39, 0.29) is 11.8 Å². The molecule has 136 valence electrons. The maximum atomic E-state index is 12.3. The highest BCUT2D eigenvalue weighted by Crippen LogP contribution is 2.21. The van der Waals surface area contributed by atoms with Crippen molar-refractivity contribution in [3.8, 4) is 0 Å². The summed E-state index contributed by atoms with van der Waals surface area (Å²) in [5.74, 6) is -0.0669. The van der Waals surface area contributed by atoms with Crippen molar-refractivity contribution >= 4 is 28.4 Å². The second-order valence-corrected chi connectivity index (χ2v) is 6.17. The maximum Gasteiger partial charge on any atom is 0.242 e. The van der Waals surface area contributed by atoms with Crippen molar-refractivity contribution in [2.45, 2.75) is 46.2 Å². The minimum Gasteiger partial charge on any atom is -0.342 e. The molecule has 2 amide bonds. The fourth-order valence-electron chi connectivity index (χ4n) is 2.91. The van der Waals surface area contributed by atoms with Crippen molar-refractivity contribution in [1.29, 1.82) is 0 Å². The maximum absolute atomic E-state index is 12.3. The number of nitrogens with two attached hydrogens (primary N) is 1. The van der Waals surface area contributed by atoms with Crippen molar-refractivity contribution in [2.24, 2.45) is 5.73 Å². The molecule has 3 N–H and O–H groups in total. The zero-order valence-corrected chi connectivity index (χ0v) is 15.3. The minimum atomic E-state index is -0.489. The quantitative estimate of drug-likeness (QED) is 0.772. The van der Waals surface area contributed by atoms with E-state index in [1.807, 2.05) is 60.7 Å². The number of nitrogens with one attached hydrogen (secondary N) is 1. The Morgan fingerprint density at radius 2 is 1.92 bits per heavy atom. The van der Waals surface area contributed by atoms with Gasteiger partial charge in [0.1, 0.15) is 6.54 Å². The number of fused-ring (bicyclic) bond motifs is 1. The van der Waals surface area contributed by atoms with E-state index in [1.54, 1.807) is 0 Å². The third-order valence-corrected chi connectivity index (χ3v) is 4.40. The van der Waals surface area contributed by atoms with Crippen LogP contribution in [0.2, 0.25) is 0 Å². The Kier molecular flexibility index (Phi) is 6.58. The van der Waals surface area contributed by atoms with Crippen LogP contribution in [0.3, 0.4) is 0 Å². The van der Waals surface area contributed by atoms with Gasteiger partial charge >= 0.3 is 0 Å². The van der Waals surface area contributed by atoms with Gasteiger partial charge in [-0.15, -0.1) is 0 Å². The molecule has 0 aliphatic rings. The predicted molar refractivity (Wildman–Crippen MR) is 101 cm³/mol. The molecule has 6 nitrogen and oxygen atoms in total. The van der Waals surface area contributed by atoms with Crippen LogP contribution < -0.4 is 11.1 Å². The van der Waals surface area contributed by atoms with Crippen LogP contribution in [0.4, 0.5) is 5.69 Å². The minimum absolute atomic E-state index is 0.102. The standard InChI is InChI=1S/C19H28N4O2/c1-4-7-16(20)19(25)21-15-8-9-17-14(12-15)10-11-23(17)13-18(24)22(5-2)6-3/h8-12,16H,4-7,13,20H2,1-3H3,(H,21,25). The first kappa shape index (κ1) is 19.0. The molecule has 0 spiro atoms. The van der Waals surface area contributed by atoms with E-state index in [0.29, 0.717) is 26.1 Å². The predicted octanol–water partition coefficient (Wildman–Crippen LogP) is 2.58. The lowest BCUT2D eigenvalue weighted by molar-refractivity contribution is -0.131. The molecule has 1 aromatic carbocycles. The lowest BCUT2D eigenvalue weighted by atomic mass is 10.1. The third kappa shape index (κ3) is 4.60. The molecule has 1 atom stereocenters. The number of anilines is 1. The molecule has 0 saturated carbocycles. The first-order chi connectivity index (χ1) is 12.0. The lowest BCUT2D eigenvalue weighted by Crippen LogP contribution is -2.35. The van der Waals surface area contributed by atoms with Gasteiger partial charge in [-0.3, -0.25) is 9.59 Å². The topological polar surface area (TPSA) is 80.4 Å². The number of amides is 2. The van der Waals surface area contributed by atoms with Crippen LogP contribution in [-0.4, -0.2) is 40.4 Å². The van der Waals surface area contributed by atoms with Crippen molar-refractivity contribution < 1.29 is 9.59 Å². The van der Waals surface area contributed by atoms with Crippen molar-refractivity contribution in [3.63, 3.8) is 0 Å². The van der Waals surface area contributed by atoms with Gasteiger partial charge in [0.2, 0.25) is 11.8 Å². The van der Waals surface area contributed by atoms with Gasteiger partial charge in [0, 0.05) is 35.9 Å². The molecule has 1 heterocycles. The van der Waals surface area contributed by atoms with Crippen LogP contribution >= 0.6 is 0 Å². The average Bonchev–Trinajstić information content (AvgIpc) is 2.98. The molecule has 0 aliphatic carbocycles. The van der Waals surface area contributed by atoms with Crippen LogP contribution in [0.25, 0.3) is 10.9 Å². The molecule has 1 unspecified atom stereocenters. The smallest absolute Gasteiger partial charge is 0.242 e. The molecule has 0 fully saturated rings. The van der Waals surface area contributed by atoms with E-state index in [4.69, 9.17) is 5.73 Å². The highest BCUT2D eigenvalue weighted by atomic mass is 16.2. The summed E-state index contributed by atoms with van der Waals surface area (Å²) < 4.78 is 1.93. The Bertz CT molecular complexity index is 734. The number of hydrogen-bond acceptors (Lipinski definition) is 3. The summed E-state index contributed by atoms with van der Waals surface area (Å²) in [6.07, 6.45) is 3.44. The van der Waals surface area contributed by atoms with Gasteiger partial charge in [-0.25, -0.2) is 0 Å². The SMILES string of the molecule is CCCC(N)C(=O)Nc1ccc2c(ccn2CC(=O)N(CC)CC)c1. The number of hydrogen-bond donors (Lipinski definition) is 2. The normalized spacial score (nSPS) is 12.2. The number of carbonyl (C=O) groups is 2. The Hall–Kier alpha value is -2.34. The zero-order valence-electron chi connectivity index (χ0n) is 15.3. The molecule has 1 aromatic heterocycles. The third-order valence-electron chi connectivity index (χ3n) is 4.40. The van der Waals surface area contributed by atoms with Gasteiger partial charge in [-0.05, 0) is 44.5 Å².